The van der Waals surface area contributed by atoms with Gasteiger partial charge in [0.2, 0.25) is 0 Å². The highest BCUT2D eigenvalue weighted by molar-refractivity contribution is 6.31. The van der Waals surface area contributed by atoms with Crippen molar-refractivity contribution in [1.82, 2.24) is 10.3 Å². The number of rotatable bonds is 4. The van der Waals surface area contributed by atoms with E-state index in [2.05, 4.69) is 23.2 Å². The number of nitrogens with zero attached hydrogens (tertiary/aromatic N) is 2. The summed E-state index contributed by atoms with van der Waals surface area (Å²) in [5, 5.41) is 3.86. The van der Waals surface area contributed by atoms with Crippen molar-refractivity contribution in [3.05, 3.63) is 22.8 Å². The van der Waals surface area contributed by atoms with Gasteiger partial charge in [-0.3, -0.25) is 0 Å². The molecule has 18 heavy (non-hydrogen) atoms. The molecule has 0 bridgehead atoms. The van der Waals surface area contributed by atoms with Gasteiger partial charge in [-0.1, -0.05) is 18.5 Å². The first-order valence-electron chi connectivity index (χ1n) is 6.83. The Morgan fingerprint density at radius 2 is 2.28 bits per heavy atom. The minimum absolute atomic E-state index is 0.634. The van der Waals surface area contributed by atoms with E-state index in [0.29, 0.717) is 6.04 Å². The third-order valence-electron chi connectivity index (χ3n) is 3.64. The van der Waals surface area contributed by atoms with Crippen LogP contribution in [0.25, 0.3) is 0 Å². The lowest BCUT2D eigenvalue weighted by molar-refractivity contribution is 0.446. The Morgan fingerprint density at radius 1 is 1.44 bits per heavy atom. The van der Waals surface area contributed by atoms with Crippen LogP contribution in [-0.4, -0.2) is 24.6 Å². The van der Waals surface area contributed by atoms with Crippen molar-refractivity contribution in [3.8, 4) is 0 Å². The number of hydrogen-bond acceptors (Lipinski definition) is 3. The minimum atomic E-state index is 0.634. The van der Waals surface area contributed by atoms with Crippen molar-refractivity contribution in [1.29, 1.82) is 0 Å². The number of anilines is 1. The van der Waals surface area contributed by atoms with Crippen LogP contribution in [0, 0.1) is 0 Å². The summed E-state index contributed by atoms with van der Waals surface area (Å²) >= 11 is 6.16. The van der Waals surface area contributed by atoms with Crippen molar-refractivity contribution in [2.75, 3.05) is 18.5 Å². The monoisotopic (exact) mass is 267 g/mol. The summed E-state index contributed by atoms with van der Waals surface area (Å²) in [4.78, 5) is 7.16. The van der Waals surface area contributed by atoms with E-state index in [4.69, 9.17) is 16.6 Å². The fourth-order valence-corrected chi connectivity index (χ4v) is 2.82. The zero-order chi connectivity index (χ0) is 13.0. The molecule has 3 nitrogen and oxygen atoms in total. The van der Waals surface area contributed by atoms with E-state index in [1.807, 2.05) is 13.1 Å². The van der Waals surface area contributed by atoms with Crippen molar-refractivity contribution in [3.63, 3.8) is 0 Å². The van der Waals surface area contributed by atoms with E-state index in [1.165, 1.54) is 25.7 Å². The number of piperidine rings is 1. The van der Waals surface area contributed by atoms with Crippen LogP contribution in [0.1, 0.15) is 38.3 Å². The van der Waals surface area contributed by atoms with Gasteiger partial charge < -0.3 is 10.2 Å². The Hall–Kier alpha value is -0.800. The average molecular weight is 268 g/mol. The lowest BCUT2D eigenvalue weighted by atomic mass is 10.00. The van der Waals surface area contributed by atoms with Crippen molar-refractivity contribution < 1.29 is 0 Å². The van der Waals surface area contributed by atoms with Crippen LogP contribution >= 0.6 is 11.6 Å². The minimum Gasteiger partial charge on any atom is -0.354 e. The molecule has 0 spiro atoms. The van der Waals surface area contributed by atoms with E-state index >= 15 is 0 Å². The largest absolute Gasteiger partial charge is 0.354 e. The first-order chi connectivity index (χ1) is 8.76. The Kier molecular flexibility index (Phi) is 4.84. The Balaban J connectivity index is 2.23. The van der Waals surface area contributed by atoms with Crippen molar-refractivity contribution >= 4 is 17.4 Å². The second-order valence-corrected chi connectivity index (χ2v) is 5.29. The Bertz CT molecular complexity index is 395. The van der Waals surface area contributed by atoms with E-state index in [1.54, 1.807) is 0 Å². The summed E-state index contributed by atoms with van der Waals surface area (Å²) in [6.07, 6.45) is 5.07. The molecular formula is C14H22ClN3. The summed E-state index contributed by atoms with van der Waals surface area (Å²) in [7, 11) is 1.92. The van der Waals surface area contributed by atoms with Crippen LogP contribution in [-0.2, 0) is 6.54 Å². The maximum absolute atomic E-state index is 6.16. The molecule has 2 heterocycles. The second-order valence-electron chi connectivity index (χ2n) is 4.88. The standard InChI is InChI=1S/C14H22ClN3/c1-3-11-6-4-5-9-18(11)14-8-7-12(15)13(17-14)10-16-2/h7-8,11,16H,3-6,9-10H2,1-2H3. The van der Waals surface area contributed by atoms with Gasteiger partial charge in [-0.15, -0.1) is 0 Å². The molecular weight excluding hydrogens is 246 g/mol. The van der Waals surface area contributed by atoms with Gasteiger partial charge in [0.1, 0.15) is 5.82 Å². The molecule has 0 saturated carbocycles. The SMILES string of the molecule is CCC1CCCCN1c1ccc(Cl)c(CNC)n1. The van der Waals surface area contributed by atoms with Gasteiger partial charge in [-0.05, 0) is 44.9 Å². The summed E-state index contributed by atoms with van der Waals surface area (Å²) < 4.78 is 0. The first-order valence-corrected chi connectivity index (χ1v) is 7.20. The molecule has 1 N–H and O–H groups in total. The van der Waals surface area contributed by atoms with Gasteiger partial charge in [-0.25, -0.2) is 4.98 Å². The maximum Gasteiger partial charge on any atom is 0.129 e. The fraction of sp³-hybridized carbons (Fsp3) is 0.643. The van der Waals surface area contributed by atoms with Gasteiger partial charge in [0, 0.05) is 19.1 Å². The van der Waals surface area contributed by atoms with Crippen LogP contribution in [0.15, 0.2) is 12.1 Å². The average Bonchev–Trinajstić information content (AvgIpc) is 2.41. The number of pyridine rings is 1. The highest BCUT2D eigenvalue weighted by atomic mass is 35.5. The Labute approximate surface area is 115 Å². The molecule has 0 aliphatic carbocycles. The molecule has 2 rings (SSSR count). The summed E-state index contributed by atoms with van der Waals surface area (Å²) in [5.74, 6) is 1.08. The van der Waals surface area contributed by atoms with E-state index < -0.39 is 0 Å². The molecule has 1 unspecified atom stereocenters. The molecule has 4 heteroatoms. The molecule has 1 fully saturated rings. The van der Waals surface area contributed by atoms with Gasteiger partial charge in [-0.2, -0.15) is 0 Å². The molecule has 1 aliphatic rings. The van der Waals surface area contributed by atoms with Crippen LogP contribution in [0.2, 0.25) is 5.02 Å². The highest BCUT2D eigenvalue weighted by Gasteiger charge is 2.22. The smallest absolute Gasteiger partial charge is 0.129 e. The van der Waals surface area contributed by atoms with Crippen molar-refractivity contribution in [2.24, 2.45) is 0 Å². The van der Waals surface area contributed by atoms with E-state index in [-0.39, 0.29) is 0 Å². The quantitative estimate of drug-likeness (QED) is 0.908. The van der Waals surface area contributed by atoms with Gasteiger partial charge in [0.15, 0.2) is 0 Å². The van der Waals surface area contributed by atoms with Gasteiger partial charge >= 0.3 is 0 Å². The first kappa shape index (κ1) is 13.6. The molecule has 0 aromatic carbocycles. The summed E-state index contributed by atoms with van der Waals surface area (Å²) in [6, 6.07) is 4.66. The molecule has 1 aromatic rings. The van der Waals surface area contributed by atoms with Gasteiger partial charge in [0.25, 0.3) is 0 Å². The molecule has 100 valence electrons. The zero-order valence-electron chi connectivity index (χ0n) is 11.2. The van der Waals surface area contributed by atoms with Crippen LogP contribution in [0.5, 0.6) is 0 Å². The number of halogens is 1. The van der Waals surface area contributed by atoms with E-state index in [9.17, 15) is 0 Å². The lowest BCUT2D eigenvalue weighted by Gasteiger charge is -2.36. The summed E-state index contributed by atoms with van der Waals surface area (Å²) in [6.45, 7) is 4.09. The molecule has 1 aromatic heterocycles. The third kappa shape index (κ3) is 2.96. The van der Waals surface area contributed by atoms with E-state index in [0.717, 1.165) is 29.6 Å². The normalized spacial score (nSPS) is 20.2. The molecule has 1 saturated heterocycles. The summed E-state index contributed by atoms with van der Waals surface area (Å²) in [5.41, 5.74) is 0.942. The fourth-order valence-electron chi connectivity index (χ4n) is 2.65. The van der Waals surface area contributed by atoms with Crippen molar-refractivity contribution in [2.45, 2.75) is 45.2 Å². The van der Waals surface area contributed by atoms with Gasteiger partial charge in [0.05, 0.1) is 10.7 Å². The molecule has 1 aliphatic heterocycles. The Morgan fingerprint density at radius 3 is 3.00 bits per heavy atom. The third-order valence-corrected chi connectivity index (χ3v) is 3.98. The van der Waals surface area contributed by atoms with Crippen LogP contribution in [0.3, 0.4) is 0 Å². The predicted octanol–water partition coefficient (Wildman–Crippen LogP) is 3.22. The molecule has 0 radical (unpaired) electrons. The second kappa shape index (κ2) is 6.39. The maximum atomic E-state index is 6.16. The number of nitrogens with one attached hydrogen (secondary N) is 1. The van der Waals surface area contributed by atoms with Crippen LogP contribution in [0.4, 0.5) is 5.82 Å². The highest BCUT2D eigenvalue weighted by Crippen LogP contribution is 2.27. The molecule has 0 amide bonds. The zero-order valence-corrected chi connectivity index (χ0v) is 12.0. The number of aromatic nitrogens is 1. The topological polar surface area (TPSA) is 28.2 Å². The lowest BCUT2D eigenvalue weighted by Crippen LogP contribution is -2.39. The van der Waals surface area contributed by atoms with Crippen LogP contribution < -0.4 is 10.2 Å². The molecule has 1 atom stereocenters. The predicted molar refractivity (Wildman–Crippen MR) is 77.3 cm³/mol. The number of hydrogen-bond donors (Lipinski definition) is 1.